The predicted octanol–water partition coefficient (Wildman–Crippen LogP) is 3.50. The first-order chi connectivity index (χ1) is 17.5. The van der Waals surface area contributed by atoms with Crippen molar-refractivity contribution in [3.05, 3.63) is 131 Å². The Hall–Kier alpha value is -5.24. The van der Waals surface area contributed by atoms with Crippen molar-refractivity contribution in [3.8, 4) is 11.1 Å². The quantitative estimate of drug-likeness (QED) is 0.329. The van der Waals surface area contributed by atoms with E-state index in [9.17, 15) is 19.2 Å². The molecule has 178 valence electrons. The van der Waals surface area contributed by atoms with Crippen LogP contribution in [0.4, 0.5) is 0 Å². The van der Waals surface area contributed by atoms with Crippen LogP contribution < -0.4 is 21.7 Å². The van der Waals surface area contributed by atoms with Gasteiger partial charge in [-0.3, -0.25) is 40.9 Å². The molecule has 0 fully saturated rings. The molecule has 0 aliphatic carbocycles. The molecule has 4 amide bonds. The van der Waals surface area contributed by atoms with Crippen molar-refractivity contribution in [1.29, 1.82) is 0 Å². The van der Waals surface area contributed by atoms with E-state index in [0.29, 0.717) is 22.3 Å². The van der Waals surface area contributed by atoms with Gasteiger partial charge in [-0.25, -0.2) is 0 Å². The maximum Gasteiger partial charge on any atom is 0.270 e. The van der Waals surface area contributed by atoms with Gasteiger partial charge in [-0.2, -0.15) is 0 Å². The molecule has 8 nitrogen and oxygen atoms in total. The van der Waals surface area contributed by atoms with Gasteiger partial charge in [0.25, 0.3) is 23.6 Å². The highest BCUT2D eigenvalue weighted by Crippen LogP contribution is 2.27. The first-order valence-corrected chi connectivity index (χ1v) is 11.0. The topological polar surface area (TPSA) is 116 Å². The van der Waals surface area contributed by atoms with Crippen LogP contribution >= 0.6 is 0 Å². The van der Waals surface area contributed by atoms with Crippen molar-refractivity contribution < 1.29 is 19.2 Å². The molecule has 0 spiro atoms. The van der Waals surface area contributed by atoms with Crippen molar-refractivity contribution in [2.45, 2.75) is 0 Å². The predicted molar refractivity (Wildman–Crippen MR) is 135 cm³/mol. The maximum atomic E-state index is 12.9. The summed E-state index contributed by atoms with van der Waals surface area (Å²) in [6.45, 7) is 0. The number of hydrogen-bond donors (Lipinski definition) is 4. The molecule has 4 aromatic carbocycles. The van der Waals surface area contributed by atoms with E-state index in [0.717, 1.165) is 0 Å². The third kappa shape index (κ3) is 5.63. The minimum atomic E-state index is -0.553. The third-order valence-corrected chi connectivity index (χ3v) is 5.28. The molecular weight excluding hydrogens is 456 g/mol. The molecule has 0 aliphatic heterocycles. The number of carbonyl (C=O) groups excluding carboxylic acids is 4. The zero-order valence-corrected chi connectivity index (χ0v) is 19.0. The fourth-order valence-corrected chi connectivity index (χ4v) is 3.52. The summed E-state index contributed by atoms with van der Waals surface area (Å²) in [4.78, 5) is 50.5. The zero-order valence-electron chi connectivity index (χ0n) is 19.0. The van der Waals surface area contributed by atoms with Gasteiger partial charge in [0.2, 0.25) is 0 Å². The van der Waals surface area contributed by atoms with Crippen LogP contribution in [0.5, 0.6) is 0 Å². The van der Waals surface area contributed by atoms with Crippen LogP contribution in [0, 0.1) is 0 Å². The van der Waals surface area contributed by atoms with E-state index >= 15 is 0 Å². The second-order valence-corrected chi connectivity index (χ2v) is 7.64. The van der Waals surface area contributed by atoms with Crippen molar-refractivity contribution in [2.75, 3.05) is 0 Å². The standard InChI is InChI=1S/C28H22N4O4/c33-25(19-11-3-1-4-12-19)29-31-27(35)23-17-9-7-15-21(23)22-16-8-10-18-24(22)28(36)32-30-26(34)20-13-5-2-6-14-20/h1-18H,(H,29,33)(H,30,34)(H,31,35)(H,32,36). The lowest BCUT2D eigenvalue weighted by atomic mass is 9.95. The number of rotatable bonds is 5. The minimum absolute atomic E-state index is 0.249. The molecule has 0 heterocycles. The summed E-state index contributed by atoms with van der Waals surface area (Å²) >= 11 is 0. The van der Waals surface area contributed by atoms with Gasteiger partial charge in [0, 0.05) is 22.3 Å². The Bertz CT molecular complexity index is 1300. The fourth-order valence-electron chi connectivity index (χ4n) is 3.52. The molecule has 0 atom stereocenters. The second-order valence-electron chi connectivity index (χ2n) is 7.64. The average Bonchev–Trinajstić information content (AvgIpc) is 2.95. The summed E-state index contributed by atoms with van der Waals surface area (Å²) in [5.41, 5.74) is 11.9. The van der Waals surface area contributed by atoms with Crippen LogP contribution in [0.3, 0.4) is 0 Å². The number of hydrazine groups is 2. The van der Waals surface area contributed by atoms with E-state index < -0.39 is 23.6 Å². The van der Waals surface area contributed by atoms with E-state index in [-0.39, 0.29) is 11.1 Å². The lowest BCUT2D eigenvalue weighted by molar-refractivity contribution is 0.0846. The first-order valence-electron chi connectivity index (χ1n) is 11.0. The van der Waals surface area contributed by atoms with Crippen molar-refractivity contribution in [3.63, 3.8) is 0 Å². The molecule has 0 aromatic heterocycles. The highest BCUT2D eigenvalue weighted by Gasteiger charge is 2.19. The van der Waals surface area contributed by atoms with Gasteiger partial charge in [0.1, 0.15) is 0 Å². The molecule has 0 radical (unpaired) electrons. The minimum Gasteiger partial charge on any atom is -0.267 e. The summed E-state index contributed by atoms with van der Waals surface area (Å²) < 4.78 is 0. The molecule has 0 bridgehead atoms. The Morgan fingerprint density at radius 2 is 0.667 bits per heavy atom. The Morgan fingerprint density at radius 3 is 1.06 bits per heavy atom. The Kier molecular flexibility index (Phi) is 7.47. The Balaban J connectivity index is 1.51. The first kappa shape index (κ1) is 23.9. The van der Waals surface area contributed by atoms with Crippen LogP contribution in [0.25, 0.3) is 11.1 Å². The number of benzene rings is 4. The number of nitrogens with one attached hydrogen (secondary N) is 4. The lowest BCUT2D eigenvalue weighted by Crippen LogP contribution is -2.42. The molecular formula is C28H22N4O4. The second kappa shape index (κ2) is 11.3. The summed E-state index contributed by atoms with van der Waals surface area (Å²) in [6.07, 6.45) is 0. The average molecular weight is 479 g/mol. The summed E-state index contributed by atoms with van der Waals surface area (Å²) in [5.74, 6) is -2.03. The molecule has 8 heteroatoms. The highest BCUT2D eigenvalue weighted by atomic mass is 16.2. The monoisotopic (exact) mass is 478 g/mol. The van der Waals surface area contributed by atoms with E-state index in [1.165, 1.54) is 0 Å². The van der Waals surface area contributed by atoms with Crippen molar-refractivity contribution >= 4 is 23.6 Å². The van der Waals surface area contributed by atoms with Crippen LogP contribution in [-0.2, 0) is 0 Å². The van der Waals surface area contributed by atoms with E-state index in [2.05, 4.69) is 21.7 Å². The molecule has 36 heavy (non-hydrogen) atoms. The van der Waals surface area contributed by atoms with Gasteiger partial charge in [-0.05, 0) is 47.5 Å². The van der Waals surface area contributed by atoms with Crippen LogP contribution in [0.2, 0.25) is 0 Å². The maximum absolute atomic E-state index is 12.9. The molecule has 4 rings (SSSR count). The summed E-state index contributed by atoms with van der Waals surface area (Å²) in [6, 6.07) is 30.4. The number of hydrogen-bond acceptors (Lipinski definition) is 4. The van der Waals surface area contributed by atoms with Gasteiger partial charge >= 0.3 is 0 Å². The van der Waals surface area contributed by atoms with Crippen molar-refractivity contribution in [2.24, 2.45) is 0 Å². The van der Waals surface area contributed by atoms with Gasteiger partial charge in [-0.15, -0.1) is 0 Å². The largest absolute Gasteiger partial charge is 0.270 e. The smallest absolute Gasteiger partial charge is 0.267 e. The zero-order chi connectivity index (χ0) is 25.3. The fraction of sp³-hybridized carbons (Fsp3) is 0. The van der Waals surface area contributed by atoms with Crippen LogP contribution in [0.15, 0.2) is 109 Å². The summed E-state index contributed by atoms with van der Waals surface area (Å²) in [7, 11) is 0. The van der Waals surface area contributed by atoms with Gasteiger partial charge in [0.15, 0.2) is 0 Å². The molecule has 4 N–H and O–H groups in total. The van der Waals surface area contributed by atoms with E-state index in [1.807, 2.05) is 0 Å². The Morgan fingerprint density at radius 1 is 0.361 bits per heavy atom. The number of amides is 4. The SMILES string of the molecule is O=C(NNC(=O)c1ccccc1-c1ccccc1C(=O)NNC(=O)c1ccccc1)c1ccccc1. The highest BCUT2D eigenvalue weighted by molar-refractivity contribution is 6.07. The van der Waals surface area contributed by atoms with Gasteiger partial charge in [0.05, 0.1) is 0 Å². The summed E-state index contributed by atoms with van der Waals surface area (Å²) in [5, 5.41) is 0. The Labute approximate surface area is 207 Å². The van der Waals surface area contributed by atoms with E-state index in [1.54, 1.807) is 109 Å². The molecule has 0 aliphatic rings. The normalized spacial score (nSPS) is 10.1. The van der Waals surface area contributed by atoms with Crippen molar-refractivity contribution in [1.82, 2.24) is 21.7 Å². The van der Waals surface area contributed by atoms with Crippen LogP contribution in [-0.4, -0.2) is 23.6 Å². The third-order valence-electron chi connectivity index (χ3n) is 5.28. The van der Waals surface area contributed by atoms with Gasteiger partial charge in [-0.1, -0.05) is 72.8 Å². The molecule has 0 saturated heterocycles. The lowest BCUT2D eigenvalue weighted by Gasteiger charge is -2.15. The molecule has 0 unspecified atom stereocenters. The van der Waals surface area contributed by atoms with E-state index in [4.69, 9.17) is 0 Å². The van der Waals surface area contributed by atoms with Crippen LogP contribution in [0.1, 0.15) is 41.4 Å². The molecule has 0 saturated carbocycles. The van der Waals surface area contributed by atoms with Gasteiger partial charge < -0.3 is 0 Å². The molecule has 4 aromatic rings. The number of carbonyl (C=O) groups is 4.